The molecule has 0 unspecified atom stereocenters. The summed E-state index contributed by atoms with van der Waals surface area (Å²) in [5, 5.41) is 11.2. The lowest BCUT2D eigenvalue weighted by Crippen LogP contribution is -2.46. The molecular weight excluding hydrogens is 244 g/mol. The molecule has 1 saturated heterocycles. The topological polar surface area (TPSA) is 43.2 Å². The zero-order chi connectivity index (χ0) is 12.4. The Morgan fingerprint density at radius 3 is 2.78 bits per heavy atom. The first-order valence-electron chi connectivity index (χ1n) is 6.07. The molecule has 1 aliphatic heterocycles. The number of hydrogen-bond acceptors (Lipinski definition) is 5. The Morgan fingerprint density at radius 1 is 1.22 bits per heavy atom. The molecule has 0 amide bonds. The largest absolute Gasteiger partial charge is 0.359 e. The molecule has 0 atom stereocenters. The zero-order valence-electron chi connectivity index (χ0n) is 10.0. The number of nitriles is 1. The van der Waals surface area contributed by atoms with Gasteiger partial charge < -0.3 is 4.90 Å². The smallest absolute Gasteiger partial charge is 0.120 e. The first kappa shape index (κ1) is 11.5. The summed E-state index contributed by atoms with van der Waals surface area (Å²) < 4.78 is 4.48. The van der Waals surface area contributed by atoms with Crippen LogP contribution in [-0.2, 0) is 0 Å². The van der Waals surface area contributed by atoms with Crippen molar-refractivity contribution in [1.29, 1.82) is 5.26 Å². The predicted molar refractivity (Wildman–Crippen MR) is 73.9 cm³/mol. The van der Waals surface area contributed by atoms with Crippen molar-refractivity contribution >= 4 is 27.4 Å². The van der Waals surface area contributed by atoms with Crippen molar-refractivity contribution < 1.29 is 0 Å². The number of anilines is 1. The SMILES string of the molecule is N#CCN1CCN(c2snc3ccccc23)CC1. The van der Waals surface area contributed by atoms with Crippen molar-refractivity contribution in [2.24, 2.45) is 0 Å². The van der Waals surface area contributed by atoms with Crippen molar-refractivity contribution in [3.63, 3.8) is 0 Å². The molecule has 0 saturated carbocycles. The van der Waals surface area contributed by atoms with Crippen LogP contribution in [0.1, 0.15) is 0 Å². The van der Waals surface area contributed by atoms with Gasteiger partial charge in [0, 0.05) is 31.6 Å². The van der Waals surface area contributed by atoms with E-state index in [0.717, 1.165) is 31.7 Å². The van der Waals surface area contributed by atoms with Crippen molar-refractivity contribution in [3.05, 3.63) is 24.3 Å². The van der Waals surface area contributed by atoms with Crippen LogP contribution < -0.4 is 4.90 Å². The molecule has 3 rings (SSSR count). The second kappa shape index (κ2) is 4.92. The van der Waals surface area contributed by atoms with Gasteiger partial charge in [-0.15, -0.1) is 0 Å². The molecule has 1 aliphatic rings. The molecule has 4 nitrogen and oxygen atoms in total. The number of benzene rings is 1. The average Bonchev–Trinajstić information content (AvgIpc) is 2.84. The second-order valence-corrected chi connectivity index (χ2v) is 5.18. The van der Waals surface area contributed by atoms with E-state index in [1.807, 2.05) is 6.07 Å². The van der Waals surface area contributed by atoms with E-state index in [9.17, 15) is 0 Å². The van der Waals surface area contributed by atoms with Gasteiger partial charge in [0.15, 0.2) is 0 Å². The number of aromatic nitrogens is 1. The molecule has 92 valence electrons. The molecule has 2 aromatic rings. The van der Waals surface area contributed by atoms with Crippen LogP contribution in [-0.4, -0.2) is 42.0 Å². The van der Waals surface area contributed by atoms with Gasteiger partial charge in [-0.3, -0.25) is 4.90 Å². The number of rotatable bonds is 2. The van der Waals surface area contributed by atoms with E-state index in [-0.39, 0.29) is 0 Å². The quantitative estimate of drug-likeness (QED) is 0.772. The molecule has 0 N–H and O–H groups in total. The Morgan fingerprint density at radius 2 is 2.00 bits per heavy atom. The first-order chi connectivity index (χ1) is 8.88. The maximum atomic E-state index is 8.70. The van der Waals surface area contributed by atoms with Crippen molar-refractivity contribution in [2.75, 3.05) is 37.6 Å². The maximum Gasteiger partial charge on any atom is 0.120 e. The van der Waals surface area contributed by atoms with Gasteiger partial charge in [-0.1, -0.05) is 12.1 Å². The van der Waals surface area contributed by atoms with Gasteiger partial charge in [0.05, 0.1) is 18.1 Å². The molecule has 0 aliphatic carbocycles. The Kier molecular flexibility index (Phi) is 3.13. The molecule has 5 heteroatoms. The van der Waals surface area contributed by atoms with Crippen LogP contribution in [0.25, 0.3) is 10.9 Å². The number of nitrogens with zero attached hydrogens (tertiary/aromatic N) is 4. The fourth-order valence-electron chi connectivity index (χ4n) is 2.31. The van der Waals surface area contributed by atoms with Gasteiger partial charge in [-0.25, -0.2) is 0 Å². The summed E-state index contributed by atoms with van der Waals surface area (Å²) in [7, 11) is 0. The highest BCUT2D eigenvalue weighted by atomic mass is 32.1. The normalized spacial score (nSPS) is 16.9. The van der Waals surface area contributed by atoms with Gasteiger partial charge >= 0.3 is 0 Å². The Balaban J connectivity index is 1.79. The molecule has 1 aromatic carbocycles. The minimum atomic E-state index is 0.539. The number of hydrogen-bond donors (Lipinski definition) is 0. The number of piperazine rings is 1. The summed E-state index contributed by atoms with van der Waals surface area (Å²) in [5.74, 6) is 0. The lowest BCUT2D eigenvalue weighted by atomic mass is 10.2. The summed E-state index contributed by atoms with van der Waals surface area (Å²) >= 11 is 1.58. The summed E-state index contributed by atoms with van der Waals surface area (Å²) in [6.07, 6.45) is 0. The van der Waals surface area contributed by atoms with Crippen molar-refractivity contribution in [2.45, 2.75) is 0 Å². The lowest BCUT2D eigenvalue weighted by Gasteiger charge is -2.33. The fraction of sp³-hybridized carbons (Fsp3) is 0.385. The fourth-order valence-corrected chi connectivity index (χ4v) is 3.23. The third-order valence-electron chi connectivity index (χ3n) is 3.32. The molecule has 18 heavy (non-hydrogen) atoms. The van der Waals surface area contributed by atoms with E-state index >= 15 is 0 Å². The average molecular weight is 258 g/mol. The highest BCUT2D eigenvalue weighted by Crippen LogP contribution is 2.31. The van der Waals surface area contributed by atoms with E-state index in [1.54, 1.807) is 11.5 Å². The standard InChI is InChI=1S/C13H14N4S/c14-5-6-16-7-9-17(10-8-16)13-11-3-1-2-4-12(11)15-18-13/h1-4H,6-10H2. The first-order valence-corrected chi connectivity index (χ1v) is 6.84. The molecule has 0 bridgehead atoms. The predicted octanol–water partition coefficient (Wildman–Crippen LogP) is 1.94. The van der Waals surface area contributed by atoms with Crippen LogP contribution in [0.5, 0.6) is 0 Å². The molecule has 1 aromatic heterocycles. The highest BCUT2D eigenvalue weighted by molar-refractivity contribution is 7.11. The van der Waals surface area contributed by atoms with Crippen LogP contribution in [0, 0.1) is 11.3 Å². The lowest BCUT2D eigenvalue weighted by molar-refractivity contribution is 0.288. The molecular formula is C13H14N4S. The Labute approximate surface area is 110 Å². The van der Waals surface area contributed by atoms with Gasteiger partial charge in [0.25, 0.3) is 0 Å². The molecule has 1 fully saturated rings. The molecule has 0 radical (unpaired) electrons. The van der Waals surface area contributed by atoms with Gasteiger partial charge in [0.1, 0.15) is 5.00 Å². The number of fused-ring (bicyclic) bond motifs is 1. The van der Waals surface area contributed by atoms with E-state index in [2.05, 4.69) is 38.4 Å². The Hall–Kier alpha value is -1.64. The molecule has 0 spiro atoms. The van der Waals surface area contributed by atoms with Crippen LogP contribution in [0.2, 0.25) is 0 Å². The van der Waals surface area contributed by atoms with Crippen LogP contribution >= 0.6 is 11.5 Å². The zero-order valence-corrected chi connectivity index (χ0v) is 10.9. The van der Waals surface area contributed by atoms with Crippen molar-refractivity contribution in [1.82, 2.24) is 9.27 Å². The third kappa shape index (κ3) is 2.05. The summed E-state index contributed by atoms with van der Waals surface area (Å²) in [4.78, 5) is 4.58. The molecule has 2 heterocycles. The highest BCUT2D eigenvalue weighted by Gasteiger charge is 2.19. The Bertz CT molecular complexity index is 578. The maximum absolute atomic E-state index is 8.70. The van der Waals surface area contributed by atoms with E-state index in [1.165, 1.54) is 10.4 Å². The second-order valence-electron chi connectivity index (χ2n) is 4.43. The van der Waals surface area contributed by atoms with Gasteiger partial charge in [-0.05, 0) is 23.7 Å². The van der Waals surface area contributed by atoms with Crippen LogP contribution in [0.3, 0.4) is 0 Å². The van der Waals surface area contributed by atoms with Crippen molar-refractivity contribution in [3.8, 4) is 6.07 Å². The minimum Gasteiger partial charge on any atom is -0.359 e. The third-order valence-corrected chi connectivity index (χ3v) is 4.26. The summed E-state index contributed by atoms with van der Waals surface area (Å²) in [6, 6.07) is 10.5. The van der Waals surface area contributed by atoms with E-state index < -0.39 is 0 Å². The monoisotopic (exact) mass is 258 g/mol. The minimum absolute atomic E-state index is 0.539. The summed E-state index contributed by atoms with van der Waals surface area (Å²) in [5.41, 5.74) is 1.08. The van der Waals surface area contributed by atoms with Gasteiger partial charge in [-0.2, -0.15) is 9.64 Å². The van der Waals surface area contributed by atoms with E-state index in [0.29, 0.717) is 6.54 Å². The summed E-state index contributed by atoms with van der Waals surface area (Å²) in [6.45, 7) is 4.42. The van der Waals surface area contributed by atoms with Crippen LogP contribution in [0.4, 0.5) is 5.00 Å². The van der Waals surface area contributed by atoms with Crippen LogP contribution in [0.15, 0.2) is 24.3 Å². The van der Waals surface area contributed by atoms with Gasteiger partial charge in [0.2, 0.25) is 0 Å². The van der Waals surface area contributed by atoms with E-state index in [4.69, 9.17) is 5.26 Å².